The van der Waals surface area contributed by atoms with Gasteiger partial charge in [0.1, 0.15) is 0 Å². The van der Waals surface area contributed by atoms with E-state index < -0.39 is 0 Å². The van der Waals surface area contributed by atoms with Crippen molar-refractivity contribution < 1.29 is 5.11 Å². The van der Waals surface area contributed by atoms with E-state index in [9.17, 15) is 0 Å². The number of hydrogen-bond donors (Lipinski definition) is 2. The number of allylic oxidation sites excluding steroid dienone is 1. The molecular formula is C11H17NO. The van der Waals surface area contributed by atoms with E-state index in [1.165, 1.54) is 12.0 Å². The number of hydrogen-bond acceptors (Lipinski definition) is 2. The molecule has 0 spiro atoms. The molecule has 0 bridgehead atoms. The van der Waals surface area contributed by atoms with Crippen LogP contribution in [0.5, 0.6) is 0 Å². The van der Waals surface area contributed by atoms with E-state index in [2.05, 4.69) is 13.5 Å². The Morgan fingerprint density at radius 2 is 2.54 bits per heavy atom. The molecule has 2 fully saturated rings. The van der Waals surface area contributed by atoms with Crippen LogP contribution in [0.1, 0.15) is 19.8 Å². The quantitative estimate of drug-likeness (QED) is 0.514. The van der Waals surface area contributed by atoms with Gasteiger partial charge in [-0.05, 0) is 36.2 Å². The molecule has 0 aromatic heterocycles. The van der Waals surface area contributed by atoms with Crippen LogP contribution in [0.2, 0.25) is 0 Å². The van der Waals surface area contributed by atoms with Gasteiger partial charge in [0.2, 0.25) is 0 Å². The number of nitrogens with two attached hydrogens (primary N) is 1. The Balaban J connectivity index is 1.90. The maximum Gasteiger partial charge on any atom is 0.0767 e. The smallest absolute Gasteiger partial charge is 0.0767 e. The fraction of sp³-hybridized carbons (Fsp3) is 0.636. The van der Waals surface area contributed by atoms with Crippen molar-refractivity contribution in [2.75, 3.05) is 0 Å². The normalized spacial score (nSPS) is 44.3. The first-order valence-corrected chi connectivity index (χ1v) is 4.85. The summed E-state index contributed by atoms with van der Waals surface area (Å²) in [5.41, 5.74) is 7.60. The van der Waals surface area contributed by atoms with Crippen molar-refractivity contribution in [2.24, 2.45) is 23.0 Å². The van der Waals surface area contributed by atoms with E-state index >= 15 is 0 Å². The molecule has 2 heteroatoms. The third-order valence-electron chi connectivity index (χ3n) is 4.00. The van der Waals surface area contributed by atoms with Crippen molar-refractivity contribution >= 4 is 0 Å². The van der Waals surface area contributed by atoms with E-state index in [0.29, 0.717) is 11.3 Å². The first-order chi connectivity index (χ1) is 6.10. The number of rotatable bonds is 3. The minimum Gasteiger partial charge on any atom is -0.516 e. The van der Waals surface area contributed by atoms with E-state index in [4.69, 9.17) is 10.8 Å². The van der Waals surface area contributed by atoms with Crippen molar-refractivity contribution in [1.82, 2.24) is 0 Å². The zero-order chi connectivity index (χ0) is 9.64. The van der Waals surface area contributed by atoms with Gasteiger partial charge in [0.05, 0.1) is 6.26 Å². The van der Waals surface area contributed by atoms with Crippen LogP contribution in [0.25, 0.3) is 0 Å². The van der Waals surface area contributed by atoms with Crippen LogP contribution >= 0.6 is 0 Å². The van der Waals surface area contributed by atoms with Gasteiger partial charge in [0, 0.05) is 6.04 Å². The topological polar surface area (TPSA) is 46.2 Å². The molecule has 0 heterocycles. The number of aliphatic hydroxyl groups is 1. The Morgan fingerprint density at radius 3 is 2.92 bits per heavy atom. The van der Waals surface area contributed by atoms with Crippen LogP contribution in [0, 0.1) is 17.3 Å². The van der Waals surface area contributed by atoms with E-state index in [1.54, 1.807) is 6.08 Å². The Bertz CT molecular complexity index is 271. The first kappa shape index (κ1) is 8.82. The molecule has 0 aliphatic heterocycles. The largest absolute Gasteiger partial charge is 0.516 e. The zero-order valence-corrected chi connectivity index (χ0v) is 8.03. The second kappa shape index (κ2) is 2.61. The molecular weight excluding hydrogens is 162 g/mol. The molecule has 0 aromatic carbocycles. The lowest BCUT2D eigenvalue weighted by Crippen LogP contribution is -2.18. The summed E-state index contributed by atoms with van der Waals surface area (Å²) in [6.45, 7) is 6.33. The number of fused-ring (bicyclic) bond motifs is 1. The first-order valence-electron chi connectivity index (χ1n) is 4.85. The molecule has 2 rings (SSSR count). The summed E-state index contributed by atoms with van der Waals surface area (Å²) in [6.07, 6.45) is 4.88. The van der Waals surface area contributed by atoms with Crippen LogP contribution in [0.4, 0.5) is 0 Å². The summed E-state index contributed by atoms with van der Waals surface area (Å²) < 4.78 is 0. The molecule has 13 heavy (non-hydrogen) atoms. The highest BCUT2D eigenvalue weighted by molar-refractivity contribution is 5.37. The fourth-order valence-electron chi connectivity index (χ4n) is 2.82. The van der Waals surface area contributed by atoms with Gasteiger partial charge in [0.25, 0.3) is 0 Å². The SMILES string of the molecule is C=C1CC2C(CC(N)/C=C\O)C12C. The van der Waals surface area contributed by atoms with E-state index in [1.807, 2.05) is 0 Å². The monoisotopic (exact) mass is 179 g/mol. The summed E-state index contributed by atoms with van der Waals surface area (Å²) in [7, 11) is 0. The lowest BCUT2D eigenvalue weighted by molar-refractivity contribution is 0.452. The minimum atomic E-state index is 0.00484. The van der Waals surface area contributed by atoms with Gasteiger partial charge in [-0.1, -0.05) is 19.1 Å². The van der Waals surface area contributed by atoms with Crippen molar-refractivity contribution in [1.29, 1.82) is 0 Å². The molecule has 2 nitrogen and oxygen atoms in total. The number of aliphatic hydroxyl groups excluding tert-OH is 1. The molecule has 3 N–H and O–H groups in total. The molecule has 72 valence electrons. The maximum absolute atomic E-state index is 8.56. The molecule has 2 aliphatic carbocycles. The van der Waals surface area contributed by atoms with Crippen LogP contribution < -0.4 is 5.73 Å². The van der Waals surface area contributed by atoms with Crippen molar-refractivity contribution in [3.8, 4) is 0 Å². The van der Waals surface area contributed by atoms with Crippen LogP contribution in [-0.4, -0.2) is 11.1 Å². The van der Waals surface area contributed by atoms with Gasteiger partial charge in [-0.2, -0.15) is 0 Å². The molecule has 2 saturated carbocycles. The Labute approximate surface area is 79.1 Å². The lowest BCUT2D eigenvalue weighted by Gasteiger charge is -2.23. The minimum absolute atomic E-state index is 0.00484. The molecule has 2 aliphatic rings. The van der Waals surface area contributed by atoms with E-state index in [0.717, 1.165) is 18.6 Å². The molecule has 4 atom stereocenters. The Hall–Kier alpha value is -0.760. The second-order valence-electron chi connectivity index (χ2n) is 4.54. The van der Waals surface area contributed by atoms with Gasteiger partial charge >= 0.3 is 0 Å². The van der Waals surface area contributed by atoms with Crippen molar-refractivity contribution in [3.63, 3.8) is 0 Å². The van der Waals surface area contributed by atoms with Gasteiger partial charge < -0.3 is 10.8 Å². The fourth-order valence-corrected chi connectivity index (χ4v) is 2.82. The summed E-state index contributed by atoms with van der Waals surface area (Å²) >= 11 is 0. The highest BCUT2D eigenvalue weighted by atomic mass is 16.2. The molecule has 0 aromatic rings. The maximum atomic E-state index is 8.56. The Morgan fingerprint density at radius 1 is 1.85 bits per heavy atom. The molecule has 0 saturated heterocycles. The second-order valence-corrected chi connectivity index (χ2v) is 4.54. The average molecular weight is 179 g/mol. The van der Waals surface area contributed by atoms with E-state index in [-0.39, 0.29) is 6.04 Å². The lowest BCUT2D eigenvalue weighted by atomic mass is 9.81. The van der Waals surface area contributed by atoms with Crippen LogP contribution in [0.15, 0.2) is 24.5 Å². The Kier molecular flexibility index (Phi) is 1.77. The standard InChI is InChI=1S/C11H17NO/c1-7-5-9-10(11(7,9)2)6-8(12)3-4-13/h3-4,8-10,13H,1,5-6,12H2,2H3/b4-3-. The van der Waals surface area contributed by atoms with Gasteiger partial charge in [0.15, 0.2) is 0 Å². The van der Waals surface area contributed by atoms with Gasteiger partial charge in [-0.25, -0.2) is 0 Å². The molecule has 0 radical (unpaired) electrons. The summed E-state index contributed by atoms with van der Waals surface area (Å²) in [5, 5.41) is 8.56. The zero-order valence-electron chi connectivity index (χ0n) is 8.03. The highest BCUT2D eigenvalue weighted by Crippen LogP contribution is 2.75. The molecule has 0 amide bonds. The van der Waals surface area contributed by atoms with Crippen LogP contribution in [0.3, 0.4) is 0 Å². The molecule has 4 unspecified atom stereocenters. The summed E-state index contributed by atoms with van der Waals surface area (Å²) in [5.74, 6) is 1.55. The summed E-state index contributed by atoms with van der Waals surface area (Å²) in [6, 6.07) is 0.00484. The predicted octanol–water partition coefficient (Wildman–Crippen LogP) is 1.99. The van der Waals surface area contributed by atoms with Crippen molar-refractivity contribution in [2.45, 2.75) is 25.8 Å². The average Bonchev–Trinajstić information content (AvgIpc) is 2.53. The van der Waals surface area contributed by atoms with Gasteiger partial charge in [-0.3, -0.25) is 0 Å². The van der Waals surface area contributed by atoms with Crippen molar-refractivity contribution in [3.05, 3.63) is 24.5 Å². The third kappa shape index (κ3) is 1.05. The third-order valence-corrected chi connectivity index (χ3v) is 4.00. The van der Waals surface area contributed by atoms with Crippen LogP contribution in [-0.2, 0) is 0 Å². The highest BCUT2D eigenvalue weighted by Gasteiger charge is 2.68. The predicted molar refractivity (Wildman–Crippen MR) is 53.2 cm³/mol. The van der Waals surface area contributed by atoms with Gasteiger partial charge in [-0.15, -0.1) is 0 Å². The summed E-state index contributed by atoms with van der Waals surface area (Å²) in [4.78, 5) is 0.